The van der Waals surface area contributed by atoms with Crippen molar-refractivity contribution in [2.24, 2.45) is 4.99 Å². The number of fused-ring (bicyclic) bond motifs is 2. The molecule has 3 aromatic rings. The second kappa shape index (κ2) is 5.77. The molecule has 0 saturated carbocycles. The van der Waals surface area contributed by atoms with Gasteiger partial charge in [-0.25, -0.2) is 4.99 Å². The van der Waals surface area contributed by atoms with Gasteiger partial charge in [-0.2, -0.15) is 0 Å². The average molecular weight is 334 g/mol. The maximum Gasteiger partial charge on any atom is 0.290 e. The summed E-state index contributed by atoms with van der Waals surface area (Å²) in [5, 5.41) is 12.7. The molecule has 1 aliphatic rings. The lowest BCUT2D eigenvalue weighted by atomic mass is 10.1. The van der Waals surface area contributed by atoms with Gasteiger partial charge in [-0.05, 0) is 38.1 Å². The molecule has 1 aromatic heterocycles. The van der Waals surface area contributed by atoms with Gasteiger partial charge in [0.05, 0.1) is 16.3 Å². The zero-order valence-electron chi connectivity index (χ0n) is 14.1. The van der Waals surface area contributed by atoms with Crippen molar-refractivity contribution >= 4 is 27.9 Å². The fraction of sp³-hybridized carbons (Fsp3) is 0.200. The van der Waals surface area contributed by atoms with E-state index in [1.165, 1.54) is 0 Å². The van der Waals surface area contributed by atoms with Crippen LogP contribution in [-0.2, 0) is 4.79 Å². The van der Waals surface area contributed by atoms with Gasteiger partial charge in [0.15, 0.2) is 5.76 Å². The van der Waals surface area contributed by atoms with E-state index in [0.717, 1.165) is 24.0 Å². The Hall–Kier alpha value is -3.08. The van der Waals surface area contributed by atoms with Crippen molar-refractivity contribution in [1.82, 2.24) is 0 Å². The molecule has 1 amide bonds. The van der Waals surface area contributed by atoms with Crippen LogP contribution in [0.15, 0.2) is 51.9 Å². The Morgan fingerprint density at radius 1 is 1.08 bits per heavy atom. The van der Waals surface area contributed by atoms with E-state index in [-0.39, 0.29) is 11.9 Å². The molecule has 4 rings (SSSR count). The van der Waals surface area contributed by atoms with Crippen LogP contribution >= 0.6 is 0 Å². The Kier molecular flexibility index (Phi) is 3.57. The zero-order valence-corrected chi connectivity index (χ0v) is 14.1. The van der Waals surface area contributed by atoms with Crippen LogP contribution in [0, 0.1) is 0 Å². The summed E-state index contributed by atoms with van der Waals surface area (Å²) in [5.74, 6) is -0.151. The quantitative estimate of drug-likeness (QED) is 0.795. The van der Waals surface area contributed by atoms with Gasteiger partial charge in [0.1, 0.15) is 0 Å². The number of benzene rings is 2. The molecule has 5 heteroatoms. The molecule has 0 aliphatic carbocycles. The average Bonchev–Trinajstić information content (AvgIpc) is 3.12. The van der Waals surface area contributed by atoms with E-state index < -0.39 is 0 Å². The summed E-state index contributed by atoms with van der Waals surface area (Å²) in [5.41, 5.74) is 1.44. The predicted molar refractivity (Wildman–Crippen MR) is 96.2 cm³/mol. The Labute approximate surface area is 144 Å². The zero-order chi connectivity index (χ0) is 17.6. The second-order valence-electron chi connectivity index (χ2n) is 5.95. The van der Waals surface area contributed by atoms with E-state index >= 15 is 0 Å². The molecule has 2 heterocycles. The SMILES string of the molecule is CCN(CC)c1ccc2c(c1)=NC(=O)C=2c1oc(O)c2ccccc12. The smallest absolute Gasteiger partial charge is 0.290 e. The Morgan fingerprint density at radius 2 is 1.80 bits per heavy atom. The van der Waals surface area contributed by atoms with Crippen LogP contribution in [-0.4, -0.2) is 24.1 Å². The first-order valence-electron chi connectivity index (χ1n) is 8.37. The molecule has 0 radical (unpaired) electrons. The lowest BCUT2D eigenvalue weighted by Crippen LogP contribution is -2.28. The molecule has 5 nitrogen and oxygen atoms in total. The number of hydrogen-bond donors (Lipinski definition) is 1. The number of nitrogens with zero attached hydrogens (tertiary/aromatic N) is 2. The lowest BCUT2D eigenvalue weighted by Gasteiger charge is -2.20. The summed E-state index contributed by atoms with van der Waals surface area (Å²) in [6.45, 7) is 5.95. The maximum absolute atomic E-state index is 12.5. The van der Waals surface area contributed by atoms with Gasteiger partial charge in [0.25, 0.3) is 11.9 Å². The van der Waals surface area contributed by atoms with Gasteiger partial charge >= 0.3 is 0 Å². The number of carbonyl (C=O) groups is 1. The maximum atomic E-state index is 12.5. The first-order valence-corrected chi connectivity index (χ1v) is 8.37. The fourth-order valence-electron chi connectivity index (χ4n) is 3.37. The molecule has 0 unspecified atom stereocenters. The minimum atomic E-state index is -0.341. The molecule has 1 N–H and O–H groups in total. The largest absolute Gasteiger partial charge is 0.480 e. The van der Waals surface area contributed by atoms with Gasteiger partial charge in [0.2, 0.25) is 0 Å². The van der Waals surface area contributed by atoms with Gasteiger partial charge in [-0.1, -0.05) is 18.2 Å². The van der Waals surface area contributed by atoms with Crippen LogP contribution in [0.5, 0.6) is 5.95 Å². The first-order chi connectivity index (χ1) is 12.1. The minimum absolute atomic E-state index is 0.181. The highest BCUT2D eigenvalue weighted by Crippen LogP contribution is 2.34. The second-order valence-corrected chi connectivity index (χ2v) is 5.95. The van der Waals surface area contributed by atoms with Crippen LogP contribution in [0.4, 0.5) is 5.69 Å². The summed E-state index contributed by atoms with van der Waals surface area (Å²) in [4.78, 5) is 18.9. The van der Waals surface area contributed by atoms with Crippen molar-refractivity contribution in [3.8, 4) is 5.95 Å². The summed E-state index contributed by atoms with van der Waals surface area (Å²) in [6.07, 6.45) is 0. The standard InChI is InChI=1S/C20H18N2O3/c1-3-22(4-2)12-9-10-15-16(11-12)21-19(23)17(15)18-13-7-5-6-8-14(13)20(24)25-18/h5-11,24H,3-4H2,1-2H3. The summed E-state index contributed by atoms with van der Waals surface area (Å²) >= 11 is 0. The molecular formula is C20H18N2O3. The third kappa shape index (κ3) is 2.31. The highest BCUT2D eigenvalue weighted by Gasteiger charge is 2.25. The number of rotatable bonds is 4. The van der Waals surface area contributed by atoms with Gasteiger partial charge < -0.3 is 14.4 Å². The minimum Gasteiger partial charge on any atom is -0.480 e. The number of amides is 1. The Balaban J connectivity index is 1.97. The van der Waals surface area contributed by atoms with Crippen molar-refractivity contribution in [3.63, 3.8) is 0 Å². The Morgan fingerprint density at radius 3 is 2.52 bits per heavy atom. The van der Waals surface area contributed by atoms with Gasteiger partial charge in [-0.3, -0.25) is 4.79 Å². The normalized spacial score (nSPS) is 13.2. The highest BCUT2D eigenvalue weighted by molar-refractivity contribution is 6.23. The summed E-state index contributed by atoms with van der Waals surface area (Å²) < 4.78 is 5.52. The molecule has 0 saturated heterocycles. The predicted octanol–water partition coefficient (Wildman–Crippen LogP) is 2.34. The monoisotopic (exact) mass is 334 g/mol. The molecule has 1 aliphatic heterocycles. The van der Waals surface area contributed by atoms with E-state index in [1.54, 1.807) is 6.07 Å². The van der Waals surface area contributed by atoms with Crippen LogP contribution in [0.3, 0.4) is 0 Å². The number of hydrogen-bond acceptors (Lipinski definition) is 4. The van der Waals surface area contributed by atoms with Crippen molar-refractivity contribution in [1.29, 1.82) is 0 Å². The van der Waals surface area contributed by atoms with Crippen LogP contribution in [0.1, 0.15) is 19.6 Å². The molecule has 0 atom stereocenters. The summed E-state index contributed by atoms with van der Waals surface area (Å²) in [6, 6.07) is 13.1. The van der Waals surface area contributed by atoms with Crippen LogP contribution in [0.2, 0.25) is 0 Å². The van der Waals surface area contributed by atoms with Gasteiger partial charge in [-0.15, -0.1) is 0 Å². The number of carbonyl (C=O) groups excluding carboxylic acids is 1. The molecule has 0 bridgehead atoms. The molecule has 0 spiro atoms. The number of furan rings is 1. The van der Waals surface area contributed by atoms with Crippen molar-refractivity contribution in [3.05, 3.63) is 58.8 Å². The first kappa shape index (κ1) is 15.4. The van der Waals surface area contributed by atoms with Crippen molar-refractivity contribution < 1.29 is 14.3 Å². The topological polar surface area (TPSA) is 66.0 Å². The van der Waals surface area contributed by atoms with Crippen molar-refractivity contribution in [2.45, 2.75) is 13.8 Å². The van der Waals surface area contributed by atoms with Gasteiger partial charge in [0, 0.05) is 29.4 Å². The van der Waals surface area contributed by atoms with E-state index in [0.29, 0.717) is 27.5 Å². The third-order valence-electron chi connectivity index (χ3n) is 4.64. The molecule has 25 heavy (non-hydrogen) atoms. The molecule has 2 aromatic carbocycles. The highest BCUT2D eigenvalue weighted by atomic mass is 16.5. The van der Waals surface area contributed by atoms with E-state index in [1.807, 2.05) is 36.4 Å². The van der Waals surface area contributed by atoms with E-state index in [2.05, 4.69) is 23.7 Å². The summed E-state index contributed by atoms with van der Waals surface area (Å²) in [7, 11) is 0. The fourth-order valence-corrected chi connectivity index (χ4v) is 3.37. The molecule has 0 fully saturated rings. The van der Waals surface area contributed by atoms with Crippen LogP contribution < -0.4 is 15.5 Å². The van der Waals surface area contributed by atoms with E-state index in [9.17, 15) is 9.90 Å². The van der Waals surface area contributed by atoms with E-state index in [4.69, 9.17) is 4.42 Å². The number of anilines is 1. The molecular weight excluding hydrogens is 316 g/mol. The lowest BCUT2D eigenvalue weighted by molar-refractivity contribution is -0.112. The molecule has 126 valence electrons. The third-order valence-corrected chi connectivity index (χ3v) is 4.64. The van der Waals surface area contributed by atoms with Crippen LogP contribution in [0.25, 0.3) is 16.3 Å². The number of aromatic hydroxyl groups is 1. The van der Waals surface area contributed by atoms with Crippen molar-refractivity contribution in [2.75, 3.05) is 18.0 Å². The Bertz CT molecular complexity index is 1110.